The summed E-state index contributed by atoms with van der Waals surface area (Å²) in [6.07, 6.45) is 0.799. The summed E-state index contributed by atoms with van der Waals surface area (Å²) in [7, 11) is 0. The summed E-state index contributed by atoms with van der Waals surface area (Å²) < 4.78 is 0. The quantitative estimate of drug-likeness (QED) is 0.688. The van der Waals surface area contributed by atoms with Crippen molar-refractivity contribution in [3.63, 3.8) is 0 Å². The molecule has 0 heterocycles. The van der Waals surface area contributed by atoms with Crippen molar-refractivity contribution in [2.45, 2.75) is 12.8 Å². The lowest BCUT2D eigenvalue weighted by Gasteiger charge is -2.08. The van der Waals surface area contributed by atoms with E-state index in [2.05, 4.69) is 10.6 Å². The molecule has 25 heavy (non-hydrogen) atoms. The van der Waals surface area contributed by atoms with Crippen molar-refractivity contribution in [2.24, 2.45) is 0 Å². The molecular weight excluding hydrogens is 383 g/mol. The highest BCUT2D eigenvalue weighted by molar-refractivity contribution is 6.42. The molecule has 0 aliphatic heterocycles. The van der Waals surface area contributed by atoms with Gasteiger partial charge in [0.05, 0.1) is 10.0 Å². The second-order valence-electron chi connectivity index (χ2n) is 5.33. The minimum atomic E-state index is -0.211. The van der Waals surface area contributed by atoms with Gasteiger partial charge in [-0.25, -0.2) is 0 Å². The van der Waals surface area contributed by atoms with Gasteiger partial charge < -0.3 is 10.6 Å². The number of amides is 2. The van der Waals surface area contributed by atoms with E-state index in [0.29, 0.717) is 46.6 Å². The molecule has 0 bridgehead atoms. The molecule has 2 amide bonds. The second kappa shape index (κ2) is 9.66. The smallest absolute Gasteiger partial charge is 0.251 e. The maximum Gasteiger partial charge on any atom is 0.251 e. The van der Waals surface area contributed by atoms with Gasteiger partial charge in [0, 0.05) is 30.1 Å². The molecule has 4 nitrogen and oxygen atoms in total. The van der Waals surface area contributed by atoms with E-state index in [1.807, 2.05) is 6.07 Å². The summed E-state index contributed by atoms with van der Waals surface area (Å²) in [5.74, 6) is -0.326. The number of benzene rings is 2. The van der Waals surface area contributed by atoms with Gasteiger partial charge in [-0.05, 0) is 42.3 Å². The van der Waals surface area contributed by atoms with Crippen molar-refractivity contribution in [3.05, 3.63) is 68.7 Å². The van der Waals surface area contributed by atoms with Gasteiger partial charge in [-0.2, -0.15) is 0 Å². The Labute approximate surface area is 161 Å². The minimum absolute atomic E-state index is 0.114. The van der Waals surface area contributed by atoms with Gasteiger partial charge in [-0.15, -0.1) is 0 Å². The lowest BCUT2D eigenvalue weighted by atomic mass is 10.1. The van der Waals surface area contributed by atoms with Crippen LogP contribution in [-0.4, -0.2) is 24.9 Å². The SMILES string of the molecule is O=C(CCc1cccc(Cl)c1Cl)NCCNC(=O)c1ccc(Cl)cc1. The summed E-state index contributed by atoms with van der Waals surface area (Å²) in [6, 6.07) is 11.9. The van der Waals surface area contributed by atoms with Crippen LogP contribution in [0.25, 0.3) is 0 Å². The van der Waals surface area contributed by atoms with Crippen LogP contribution in [-0.2, 0) is 11.2 Å². The number of hydrogen-bond donors (Lipinski definition) is 2. The normalized spacial score (nSPS) is 10.4. The van der Waals surface area contributed by atoms with Crippen molar-refractivity contribution >= 4 is 46.6 Å². The minimum Gasteiger partial charge on any atom is -0.354 e. The van der Waals surface area contributed by atoms with Crippen molar-refractivity contribution in [1.29, 1.82) is 0 Å². The molecule has 132 valence electrons. The molecule has 7 heteroatoms. The molecular formula is C18H17Cl3N2O2. The molecule has 0 spiro atoms. The standard InChI is InChI=1S/C18H17Cl3N2O2/c19-14-7-4-13(5-8-14)18(25)23-11-10-22-16(24)9-6-12-2-1-3-15(20)17(12)21/h1-5,7-8H,6,9-11H2,(H,22,24)(H,23,25). The molecule has 0 aliphatic carbocycles. The number of carbonyl (C=O) groups excluding carboxylic acids is 2. The lowest BCUT2D eigenvalue weighted by Crippen LogP contribution is -2.34. The topological polar surface area (TPSA) is 58.2 Å². The largest absolute Gasteiger partial charge is 0.354 e. The lowest BCUT2D eigenvalue weighted by molar-refractivity contribution is -0.121. The molecule has 2 aromatic rings. The van der Waals surface area contributed by atoms with Crippen LogP contribution in [0.1, 0.15) is 22.3 Å². The van der Waals surface area contributed by atoms with Crippen molar-refractivity contribution in [3.8, 4) is 0 Å². The predicted molar refractivity (Wildman–Crippen MR) is 102 cm³/mol. The number of rotatable bonds is 7. The third kappa shape index (κ3) is 6.24. The zero-order valence-electron chi connectivity index (χ0n) is 13.3. The Morgan fingerprint density at radius 2 is 1.56 bits per heavy atom. The molecule has 0 saturated heterocycles. The van der Waals surface area contributed by atoms with Gasteiger partial charge in [0.15, 0.2) is 0 Å². The maximum atomic E-state index is 11.9. The van der Waals surface area contributed by atoms with Crippen molar-refractivity contribution in [2.75, 3.05) is 13.1 Å². The molecule has 0 radical (unpaired) electrons. The van der Waals surface area contributed by atoms with Crippen LogP contribution in [0.4, 0.5) is 0 Å². The fourth-order valence-electron chi connectivity index (χ4n) is 2.16. The summed E-state index contributed by atoms with van der Waals surface area (Å²) in [5, 5.41) is 7.01. The zero-order chi connectivity index (χ0) is 18.2. The van der Waals surface area contributed by atoms with Gasteiger partial charge in [-0.3, -0.25) is 9.59 Å². The van der Waals surface area contributed by atoms with E-state index >= 15 is 0 Å². The summed E-state index contributed by atoms with van der Waals surface area (Å²) in [6.45, 7) is 0.687. The Bertz CT molecular complexity index is 748. The van der Waals surface area contributed by atoms with Crippen LogP contribution in [0.2, 0.25) is 15.1 Å². The van der Waals surface area contributed by atoms with Crippen LogP contribution in [0.5, 0.6) is 0 Å². The Hall–Kier alpha value is -1.75. The fraction of sp³-hybridized carbons (Fsp3) is 0.222. The fourth-order valence-corrected chi connectivity index (χ4v) is 2.70. The van der Waals surface area contributed by atoms with E-state index in [4.69, 9.17) is 34.8 Å². The second-order valence-corrected chi connectivity index (χ2v) is 6.55. The third-order valence-corrected chi connectivity index (χ3v) is 4.60. The van der Waals surface area contributed by atoms with E-state index in [1.54, 1.807) is 36.4 Å². The maximum absolute atomic E-state index is 11.9. The van der Waals surface area contributed by atoms with Crippen molar-refractivity contribution in [1.82, 2.24) is 10.6 Å². The summed E-state index contributed by atoms with van der Waals surface area (Å²) in [4.78, 5) is 23.7. The zero-order valence-corrected chi connectivity index (χ0v) is 15.6. The molecule has 0 atom stereocenters. The van der Waals surface area contributed by atoms with E-state index in [1.165, 1.54) is 0 Å². The molecule has 0 saturated carbocycles. The molecule has 0 aromatic heterocycles. The average molecular weight is 400 g/mol. The first-order valence-electron chi connectivity index (χ1n) is 7.70. The van der Waals surface area contributed by atoms with Gasteiger partial charge >= 0.3 is 0 Å². The monoisotopic (exact) mass is 398 g/mol. The van der Waals surface area contributed by atoms with E-state index in [0.717, 1.165) is 5.56 Å². The van der Waals surface area contributed by atoms with E-state index in [9.17, 15) is 9.59 Å². The van der Waals surface area contributed by atoms with Gasteiger partial charge in [0.2, 0.25) is 5.91 Å². The number of carbonyl (C=O) groups is 2. The highest BCUT2D eigenvalue weighted by atomic mass is 35.5. The first-order valence-corrected chi connectivity index (χ1v) is 8.84. The predicted octanol–water partition coefficient (Wildman–Crippen LogP) is 4.13. The Balaban J connectivity index is 1.67. The highest BCUT2D eigenvalue weighted by Crippen LogP contribution is 2.26. The Morgan fingerprint density at radius 3 is 2.28 bits per heavy atom. The van der Waals surface area contributed by atoms with Crippen LogP contribution in [0.3, 0.4) is 0 Å². The molecule has 2 rings (SSSR count). The number of nitrogens with one attached hydrogen (secondary N) is 2. The van der Waals surface area contributed by atoms with Gasteiger partial charge in [0.25, 0.3) is 5.91 Å². The number of aryl methyl sites for hydroxylation is 1. The molecule has 0 unspecified atom stereocenters. The van der Waals surface area contributed by atoms with Gasteiger partial charge in [0.1, 0.15) is 0 Å². The summed E-state index contributed by atoms with van der Waals surface area (Å²) in [5.41, 5.74) is 1.35. The Kier molecular flexibility index (Phi) is 7.56. The van der Waals surface area contributed by atoms with Crippen LogP contribution in [0.15, 0.2) is 42.5 Å². The highest BCUT2D eigenvalue weighted by Gasteiger charge is 2.08. The number of halogens is 3. The van der Waals surface area contributed by atoms with Crippen LogP contribution in [0, 0.1) is 0 Å². The van der Waals surface area contributed by atoms with E-state index < -0.39 is 0 Å². The van der Waals surface area contributed by atoms with Crippen molar-refractivity contribution < 1.29 is 9.59 Å². The first kappa shape index (κ1) is 19.6. The number of hydrogen-bond acceptors (Lipinski definition) is 2. The summed E-state index contributed by atoms with van der Waals surface area (Å²) >= 11 is 17.8. The van der Waals surface area contributed by atoms with Crippen LogP contribution >= 0.6 is 34.8 Å². The molecule has 2 aromatic carbocycles. The molecule has 0 aliphatic rings. The van der Waals surface area contributed by atoms with Crippen LogP contribution < -0.4 is 10.6 Å². The molecule has 0 fully saturated rings. The third-order valence-electron chi connectivity index (χ3n) is 3.49. The Morgan fingerprint density at radius 1 is 0.880 bits per heavy atom. The molecule has 2 N–H and O–H groups in total. The first-order chi connectivity index (χ1) is 12.0. The van der Waals surface area contributed by atoms with E-state index in [-0.39, 0.29) is 11.8 Å². The van der Waals surface area contributed by atoms with Gasteiger partial charge in [-0.1, -0.05) is 46.9 Å². The average Bonchev–Trinajstić information content (AvgIpc) is 2.60.